The fraction of sp³-hybridized carbons (Fsp3) is 0. The van der Waals surface area contributed by atoms with E-state index in [-0.39, 0.29) is 16.2 Å². The summed E-state index contributed by atoms with van der Waals surface area (Å²) in [5, 5.41) is 18.1. The molecule has 0 aliphatic heterocycles. The van der Waals surface area contributed by atoms with Gasteiger partial charge in [0.05, 0.1) is 15.1 Å². The molecule has 0 radical (unpaired) electrons. The van der Waals surface area contributed by atoms with E-state index >= 15 is 0 Å². The van der Waals surface area contributed by atoms with Gasteiger partial charge in [-0.25, -0.2) is 0 Å². The molecule has 0 spiro atoms. The predicted molar refractivity (Wildman–Crippen MR) is 88.8 cm³/mol. The molecule has 0 aliphatic rings. The zero-order valence-electron chi connectivity index (χ0n) is 21.5. The SMILES string of the molecule is [2H]c1c([2H])c([2H])c2c([2H])c3c(c([2H])c([2H])c4c([2H])c([2H])c([2H])c([2H])c43)c(B(O)O)c2c1[2H]. The molecule has 0 unspecified atom stereocenters. The van der Waals surface area contributed by atoms with Crippen molar-refractivity contribution in [3.63, 3.8) is 0 Å². The summed E-state index contributed by atoms with van der Waals surface area (Å²) in [6.07, 6.45) is 0. The molecule has 4 aromatic rings. The molecule has 0 bridgehead atoms. The Bertz CT molecular complexity index is 1520. The second kappa shape index (κ2) is 4.59. The van der Waals surface area contributed by atoms with Gasteiger partial charge in [-0.05, 0) is 43.8 Å². The molecule has 0 saturated carbocycles. The molecule has 4 aromatic carbocycles. The maximum Gasteiger partial charge on any atom is 0.489 e. The van der Waals surface area contributed by atoms with Gasteiger partial charge in [-0.3, -0.25) is 0 Å². The molecule has 0 saturated heterocycles. The van der Waals surface area contributed by atoms with Gasteiger partial charge in [0.15, 0.2) is 0 Å². The Morgan fingerprint density at radius 2 is 1.33 bits per heavy atom. The van der Waals surface area contributed by atoms with Gasteiger partial charge in [0, 0.05) is 0 Å². The zero-order valence-corrected chi connectivity index (χ0v) is 10.5. The van der Waals surface area contributed by atoms with Gasteiger partial charge in [0.1, 0.15) is 0 Å². The third-order valence-electron chi connectivity index (χ3n) is 3.23. The van der Waals surface area contributed by atoms with Gasteiger partial charge < -0.3 is 10.0 Å². The van der Waals surface area contributed by atoms with Crippen LogP contribution < -0.4 is 5.46 Å². The van der Waals surface area contributed by atoms with E-state index in [9.17, 15) is 10.0 Å². The van der Waals surface area contributed by atoms with Crippen LogP contribution in [0.25, 0.3) is 32.3 Å². The lowest BCUT2D eigenvalue weighted by molar-refractivity contribution is 0.426. The van der Waals surface area contributed by atoms with E-state index in [0.29, 0.717) is 0 Å². The summed E-state index contributed by atoms with van der Waals surface area (Å²) in [5.74, 6) is 0. The summed E-state index contributed by atoms with van der Waals surface area (Å²) in [6.45, 7) is 0. The second-order valence-corrected chi connectivity index (χ2v) is 4.41. The molecular weight excluding hydrogens is 259 g/mol. The molecule has 0 aromatic heterocycles. The van der Waals surface area contributed by atoms with E-state index in [1.54, 1.807) is 0 Å². The first-order chi connectivity index (χ1) is 14.8. The fourth-order valence-corrected chi connectivity index (χ4v) is 2.35. The highest BCUT2D eigenvalue weighted by Crippen LogP contribution is 2.28. The predicted octanol–water partition coefficient (Wildman–Crippen LogP) is 2.83. The van der Waals surface area contributed by atoms with Gasteiger partial charge in [-0.1, -0.05) is 60.4 Å². The third-order valence-corrected chi connectivity index (χ3v) is 3.23. The molecule has 21 heavy (non-hydrogen) atoms. The lowest BCUT2D eigenvalue weighted by atomic mass is 9.73. The van der Waals surface area contributed by atoms with Crippen molar-refractivity contribution in [2.45, 2.75) is 0 Å². The van der Waals surface area contributed by atoms with Crippen LogP contribution in [0.15, 0.2) is 66.5 Å². The minimum absolute atomic E-state index is 0.312. The van der Waals surface area contributed by atoms with E-state index in [0.717, 1.165) is 0 Å². The lowest BCUT2D eigenvalue weighted by Crippen LogP contribution is -2.31. The van der Waals surface area contributed by atoms with Crippen molar-refractivity contribution in [2.75, 3.05) is 0 Å². The monoisotopic (exact) mass is 283 g/mol. The first-order valence-corrected chi connectivity index (χ1v) is 6.06. The van der Waals surface area contributed by atoms with Crippen molar-refractivity contribution in [3.05, 3.63) is 66.5 Å². The Morgan fingerprint density at radius 3 is 2.10 bits per heavy atom. The Morgan fingerprint density at radius 1 is 0.667 bits per heavy atom. The Hall–Kier alpha value is -2.36. The van der Waals surface area contributed by atoms with Crippen LogP contribution in [0.2, 0.25) is 0 Å². The van der Waals surface area contributed by atoms with Crippen molar-refractivity contribution in [1.82, 2.24) is 0 Å². The van der Waals surface area contributed by atoms with E-state index in [1.165, 1.54) is 0 Å². The van der Waals surface area contributed by atoms with Gasteiger partial charge >= 0.3 is 7.12 Å². The standard InChI is InChI=1S/C18H13BO2/c20-19(21)18-15-8-4-2-6-13(15)11-17-14-7-3-1-5-12(14)9-10-16(17)18/h1-11,20-21H/i1D,2D,3D,4D,5D,6D,7D,8D,9D,10D,11D. The van der Waals surface area contributed by atoms with Gasteiger partial charge in [0.25, 0.3) is 0 Å². The van der Waals surface area contributed by atoms with Crippen LogP contribution >= 0.6 is 0 Å². The maximum atomic E-state index is 10.1. The highest BCUT2D eigenvalue weighted by molar-refractivity contribution is 6.65. The number of hydrogen-bond acceptors (Lipinski definition) is 2. The van der Waals surface area contributed by atoms with Crippen molar-refractivity contribution in [2.24, 2.45) is 0 Å². The Labute approximate surface area is 137 Å². The highest BCUT2D eigenvalue weighted by atomic mass is 16.4. The minimum Gasteiger partial charge on any atom is -0.423 e. The summed E-state index contributed by atoms with van der Waals surface area (Å²) in [6, 6.07) is -7.10. The Kier molecular flexibility index (Phi) is 1.19. The molecule has 0 fully saturated rings. The number of rotatable bonds is 1. The van der Waals surface area contributed by atoms with Crippen molar-refractivity contribution < 1.29 is 25.1 Å². The van der Waals surface area contributed by atoms with E-state index < -0.39 is 95.2 Å². The van der Waals surface area contributed by atoms with Crippen LogP contribution in [0.4, 0.5) is 0 Å². The average Bonchev–Trinajstić information content (AvgIpc) is 2.74. The molecule has 0 atom stereocenters. The molecule has 3 heteroatoms. The van der Waals surface area contributed by atoms with Gasteiger partial charge in [-0.15, -0.1) is 0 Å². The number of hydrogen-bond donors (Lipinski definition) is 2. The molecule has 2 nitrogen and oxygen atoms in total. The van der Waals surface area contributed by atoms with Crippen molar-refractivity contribution in [3.8, 4) is 0 Å². The van der Waals surface area contributed by atoms with E-state index in [2.05, 4.69) is 0 Å². The topological polar surface area (TPSA) is 40.5 Å². The Balaban J connectivity index is 2.58. The summed E-state index contributed by atoms with van der Waals surface area (Å²) in [7, 11) is -2.36. The average molecular weight is 283 g/mol. The molecule has 0 heterocycles. The molecule has 4 rings (SSSR count). The van der Waals surface area contributed by atoms with Crippen LogP contribution in [0, 0.1) is 0 Å². The molecule has 100 valence electrons. The quantitative estimate of drug-likeness (QED) is 0.320. The highest BCUT2D eigenvalue weighted by Gasteiger charge is 2.19. The zero-order chi connectivity index (χ0) is 24.0. The first-order valence-electron chi connectivity index (χ1n) is 11.6. The molecule has 2 N–H and O–H groups in total. The lowest BCUT2D eigenvalue weighted by Gasteiger charge is -2.12. The maximum absolute atomic E-state index is 10.1. The summed E-state index contributed by atoms with van der Waals surface area (Å²) >= 11 is 0. The summed E-state index contributed by atoms with van der Waals surface area (Å²) in [5.41, 5.74) is -0.536. The second-order valence-electron chi connectivity index (χ2n) is 4.41. The molecular formula is C18H13BO2. The van der Waals surface area contributed by atoms with Gasteiger partial charge in [0.2, 0.25) is 0 Å². The summed E-state index contributed by atoms with van der Waals surface area (Å²) < 4.78 is 90.2. The van der Waals surface area contributed by atoms with Crippen LogP contribution in [-0.4, -0.2) is 17.2 Å². The third kappa shape index (κ3) is 1.83. The van der Waals surface area contributed by atoms with Crippen LogP contribution in [0.1, 0.15) is 15.1 Å². The largest absolute Gasteiger partial charge is 0.489 e. The van der Waals surface area contributed by atoms with Crippen LogP contribution in [-0.2, 0) is 0 Å². The summed E-state index contributed by atoms with van der Waals surface area (Å²) in [4.78, 5) is 0. The van der Waals surface area contributed by atoms with E-state index in [4.69, 9.17) is 15.1 Å². The van der Waals surface area contributed by atoms with Crippen molar-refractivity contribution in [1.29, 1.82) is 0 Å². The molecule has 0 amide bonds. The van der Waals surface area contributed by atoms with E-state index in [1.807, 2.05) is 0 Å². The first kappa shape index (κ1) is 5.45. The fourth-order valence-electron chi connectivity index (χ4n) is 2.35. The van der Waals surface area contributed by atoms with Gasteiger partial charge in [-0.2, -0.15) is 0 Å². The smallest absolute Gasteiger partial charge is 0.423 e. The number of fused-ring (bicyclic) bond motifs is 4. The van der Waals surface area contributed by atoms with Crippen molar-refractivity contribution >= 4 is 44.9 Å². The molecule has 0 aliphatic carbocycles. The number of benzene rings is 4. The van der Waals surface area contributed by atoms with Crippen LogP contribution in [0.3, 0.4) is 0 Å². The van der Waals surface area contributed by atoms with Crippen LogP contribution in [0.5, 0.6) is 0 Å². The normalized spacial score (nSPS) is 18.7. The minimum atomic E-state index is -2.36.